The number of aromatic hydroxyl groups is 1. The van der Waals surface area contributed by atoms with E-state index < -0.39 is 0 Å². The smallest absolute Gasteiger partial charge is 0.217 e. The molecule has 0 spiro atoms. The van der Waals surface area contributed by atoms with E-state index in [-0.39, 0.29) is 26.8 Å². The number of fused-ring (bicyclic) bond motifs is 2. The van der Waals surface area contributed by atoms with Crippen molar-refractivity contribution in [3.8, 4) is 17.4 Å². The number of hydrogen-bond donors (Lipinski definition) is 1. The van der Waals surface area contributed by atoms with Crippen molar-refractivity contribution in [2.75, 3.05) is 0 Å². The van der Waals surface area contributed by atoms with Crippen LogP contribution in [-0.4, -0.2) is 26.4 Å². The van der Waals surface area contributed by atoms with Gasteiger partial charge in [0.15, 0.2) is 0 Å². The molecule has 1 aliphatic heterocycles. The Labute approximate surface area is 201 Å². The van der Waals surface area contributed by atoms with E-state index in [2.05, 4.69) is 31.0 Å². The molecule has 2 aliphatic rings. The first-order valence-corrected chi connectivity index (χ1v) is 11.4. The molecule has 0 saturated heterocycles. The van der Waals surface area contributed by atoms with Crippen LogP contribution < -0.4 is 4.74 Å². The van der Waals surface area contributed by atoms with E-state index in [1.165, 1.54) is 25.7 Å². The van der Waals surface area contributed by atoms with E-state index >= 15 is 0 Å². The number of nitrogens with zero attached hydrogens (tertiary/aromatic N) is 2. The van der Waals surface area contributed by atoms with Gasteiger partial charge in [0, 0.05) is 48.6 Å². The first-order chi connectivity index (χ1) is 14.5. The van der Waals surface area contributed by atoms with Crippen molar-refractivity contribution in [2.24, 2.45) is 10.4 Å². The van der Waals surface area contributed by atoms with E-state index in [1.54, 1.807) is 12.1 Å². The molecule has 4 nitrogen and oxygen atoms in total. The van der Waals surface area contributed by atoms with E-state index in [1.807, 2.05) is 42.1 Å². The predicted octanol–water partition coefficient (Wildman–Crippen LogP) is 6.36. The monoisotopic (exact) mass is 612 g/mol. The van der Waals surface area contributed by atoms with Gasteiger partial charge in [-0.3, -0.25) is 0 Å². The molecule has 5 rings (SSSR count). The number of aliphatic imine (C=N–C) groups is 1. The minimum atomic E-state index is 0. The Hall–Kier alpha value is -1.84. The Morgan fingerprint density at radius 3 is 2.81 bits per heavy atom. The number of rotatable bonds is 3. The first-order valence-electron chi connectivity index (χ1n) is 10.5. The summed E-state index contributed by atoms with van der Waals surface area (Å²) in [5, 5.41) is 12.5. The normalized spacial score (nSPS) is 22.2. The van der Waals surface area contributed by atoms with Gasteiger partial charge in [-0.05, 0) is 30.4 Å². The van der Waals surface area contributed by atoms with Crippen molar-refractivity contribution in [1.29, 1.82) is 0 Å². The number of phenolic OH excluding ortho intramolecular Hbond substituents is 1. The molecule has 1 saturated carbocycles. The van der Waals surface area contributed by atoms with Crippen LogP contribution in [0.2, 0.25) is 0 Å². The largest absolute Gasteiger partial charge is 0.506 e. The fourth-order valence-corrected chi connectivity index (χ4v) is 5.94. The molecule has 3 aromatic rings. The van der Waals surface area contributed by atoms with Gasteiger partial charge in [0.2, 0.25) is 5.88 Å². The average molecular weight is 613 g/mol. The van der Waals surface area contributed by atoms with Gasteiger partial charge in [-0.1, -0.05) is 44.9 Å². The van der Waals surface area contributed by atoms with Crippen LogP contribution in [0.25, 0.3) is 10.9 Å². The van der Waals surface area contributed by atoms with Crippen molar-refractivity contribution in [1.82, 2.24) is 4.98 Å². The van der Waals surface area contributed by atoms with Gasteiger partial charge >= 0.3 is 0 Å². The van der Waals surface area contributed by atoms with E-state index in [0.29, 0.717) is 33.9 Å². The number of aromatic nitrogens is 1. The zero-order valence-electron chi connectivity index (χ0n) is 17.6. The molecule has 0 amide bonds. The number of pyridine rings is 1. The molecule has 2 heterocycles. The second-order valence-corrected chi connectivity index (χ2v) is 9.93. The van der Waals surface area contributed by atoms with Crippen LogP contribution in [0, 0.1) is 11.5 Å². The first kappa shape index (κ1) is 22.4. The maximum atomic E-state index is 10.1. The molecule has 1 fully saturated rings. The second kappa shape index (κ2) is 8.96. The molecule has 31 heavy (non-hydrogen) atoms. The van der Waals surface area contributed by atoms with Crippen LogP contribution in [-0.2, 0) is 21.1 Å². The summed E-state index contributed by atoms with van der Waals surface area (Å²) in [6.07, 6.45) is 4.99. The van der Waals surface area contributed by atoms with Crippen LogP contribution in [0.15, 0.2) is 53.5 Å². The van der Waals surface area contributed by atoms with Gasteiger partial charge in [-0.25, -0.2) is 4.98 Å². The van der Waals surface area contributed by atoms with E-state index in [9.17, 15) is 5.11 Å². The Morgan fingerprint density at radius 1 is 1.10 bits per heavy atom. The summed E-state index contributed by atoms with van der Waals surface area (Å²) in [6.45, 7) is 4.76. The van der Waals surface area contributed by atoms with Crippen molar-refractivity contribution in [2.45, 2.75) is 50.8 Å². The molecule has 1 N–H and O–H groups in total. The summed E-state index contributed by atoms with van der Waals surface area (Å²) >= 11 is 1.90. The third-order valence-electron chi connectivity index (χ3n) is 6.10. The number of phenols is 1. The minimum Gasteiger partial charge on any atom is -0.506 e. The Bertz CT molecular complexity index is 1130. The summed E-state index contributed by atoms with van der Waals surface area (Å²) in [4.78, 5) is 9.54. The molecular formula is C25H25N2O2PtS-. The van der Waals surface area contributed by atoms with Crippen LogP contribution in [0.1, 0.15) is 45.1 Å². The van der Waals surface area contributed by atoms with Gasteiger partial charge in [0.1, 0.15) is 11.3 Å². The van der Waals surface area contributed by atoms with Crippen LogP contribution in [0.3, 0.4) is 0 Å². The Kier molecular flexibility index (Phi) is 6.46. The molecule has 6 heteroatoms. The fraction of sp³-hybridized carbons (Fsp3) is 0.360. The fourth-order valence-electron chi connectivity index (χ4n) is 4.47. The van der Waals surface area contributed by atoms with Gasteiger partial charge in [-0.15, -0.1) is 23.8 Å². The van der Waals surface area contributed by atoms with E-state index in [4.69, 9.17) is 9.73 Å². The third-order valence-corrected chi connectivity index (χ3v) is 7.85. The van der Waals surface area contributed by atoms with Crippen LogP contribution in [0.4, 0.5) is 0 Å². The average Bonchev–Trinajstić information content (AvgIpc) is 3.12. The molecular weight excluding hydrogens is 587 g/mol. The molecule has 1 aromatic heterocycles. The van der Waals surface area contributed by atoms with Gasteiger partial charge in [0.05, 0.1) is 6.04 Å². The maximum absolute atomic E-state index is 10.1. The second-order valence-electron chi connectivity index (χ2n) is 8.80. The number of hydrogen-bond acceptors (Lipinski definition) is 5. The Morgan fingerprint density at radius 2 is 1.94 bits per heavy atom. The van der Waals surface area contributed by atoms with Gasteiger partial charge in [0.25, 0.3) is 0 Å². The standard InChI is InChI=1S/C25H25N2O2S.Pt/c1-25(2)14-4-3-10-19-23(25)30-24(26-19)17-8-5-9-18(15-17)29-21-13-12-16-7-6-11-20(28)22(16)27-21;/h5-9,11-13,19,23,28H,3-4,10,14H2,1-2H3;/q-1;/t19-,23+;/m0./s1. The summed E-state index contributed by atoms with van der Waals surface area (Å²) in [5.74, 6) is 1.18. The van der Waals surface area contributed by atoms with Crippen LogP contribution in [0.5, 0.6) is 17.4 Å². The summed E-state index contributed by atoms with van der Waals surface area (Å²) < 4.78 is 5.98. The van der Waals surface area contributed by atoms with Crippen molar-refractivity contribution >= 4 is 27.7 Å². The Balaban J connectivity index is 0.00000231. The molecule has 164 valence electrons. The maximum Gasteiger partial charge on any atom is 0.217 e. The quantitative estimate of drug-likeness (QED) is 0.350. The zero-order valence-corrected chi connectivity index (χ0v) is 20.7. The topological polar surface area (TPSA) is 54.7 Å². The summed E-state index contributed by atoms with van der Waals surface area (Å²) in [5.41, 5.74) is 1.80. The van der Waals surface area contributed by atoms with Crippen molar-refractivity contribution < 1.29 is 30.9 Å². The van der Waals surface area contributed by atoms with Crippen LogP contribution >= 0.6 is 11.8 Å². The molecule has 1 aliphatic carbocycles. The number of para-hydroxylation sites is 1. The SMILES string of the molecule is CC1(C)CCCC[C@@H]2N=C(c3[c-]c(Oc4ccc5cccc(O)c5n4)ccc3)S[C@H]21.[Pt]. The molecule has 2 atom stereocenters. The summed E-state index contributed by atoms with van der Waals surface area (Å²) in [6, 6.07) is 18.7. The minimum absolute atomic E-state index is 0. The molecule has 0 radical (unpaired) electrons. The number of ether oxygens (including phenoxy) is 1. The van der Waals surface area contributed by atoms with Crippen molar-refractivity contribution in [3.63, 3.8) is 0 Å². The van der Waals surface area contributed by atoms with Gasteiger partial charge < -0.3 is 14.8 Å². The van der Waals surface area contributed by atoms with Gasteiger partial charge in [-0.2, -0.15) is 11.8 Å². The zero-order chi connectivity index (χ0) is 20.7. The predicted molar refractivity (Wildman–Crippen MR) is 123 cm³/mol. The summed E-state index contributed by atoms with van der Waals surface area (Å²) in [7, 11) is 0. The van der Waals surface area contributed by atoms with Crippen molar-refractivity contribution in [3.05, 3.63) is 60.2 Å². The number of benzene rings is 2. The molecule has 2 aromatic carbocycles. The van der Waals surface area contributed by atoms with E-state index in [0.717, 1.165) is 16.0 Å². The number of thioether (sulfide) groups is 1. The molecule has 0 unspecified atom stereocenters. The molecule has 0 bridgehead atoms. The third kappa shape index (κ3) is 4.54.